The Bertz CT molecular complexity index is 395. The number of rotatable bonds is 4. The number of methoxy groups -OCH3 is 1. The van der Waals surface area contributed by atoms with Gasteiger partial charge in [-0.2, -0.15) is 4.98 Å². The van der Waals surface area contributed by atoms with Crippen molar-refractivity contribution in [3.8, 4) is 0 Å². The summed E-state index contributed by atoms with van der Waals surface area (Å²) >= 11 is 0. The normalized spacial score (nSPS) is 19.9. The number of piperidine rings is 1. The molecule has 2 heterocycles. The minimum absolute atomic E-state index is 0.608. The molecule has 0 bridgehead atoms. The number of ether oxygens (including phenoxy) is 1. The number of aromatic nitrogens is 2. The summed E-state index contributed by atoms with van der Waals surface area (Å²) < 4.78 is 5.27. The van der Waals surface area contributed by atoms with Crippen LogP contribution in [0.3, 0.4) is 0 Å². The van der Waals surface area contributed by atoms with Gasteiger partial charge in [0, 0.05) is 39.0 Å². The molecule has 5 heteroatoms. The van der Waals surface area contributed by atoms with Crippen LogP contribution in [0.4, 0.5) is 11.8 Å². The van der Waals surface area contributed by atoms with Crippen molar-refractivity contribution >= 4 is 11.8 Å². The van der Waals surface area contributed by atoms with Gasteiger partial charge >= 0.3 is 0 Å². The summed E-state index contributed by atoms with van der Waals surface area (Å²) in [6, 6.07) is 0. The molecule has 0 aliphatic carbocycles. The van der Waals surface area contributed by atoms with E-state index < -0.39 is 0 Å². The summed E-state index contributed by atoms with van der Waals surface area (Å²) in [6.45, 7) is 4.99. The Hall–Kier alpha value is -1.36. The van der Waals surface area contributed by atoms with E-state index in [9.17, 15) is 0 Å². The van der Waals surface area contributed by atoms with E-state index in [0.717, 1.165) is 31.1 Å². The Morgan fingerprint density at radius 2 is 2.39 bits per heavy atom. The Labute approximate surface area is 109 Å². The molecule has 1 aliphatic rings. The van der Waals surface area contributed by atoms with Crippen molar-refractivity contribution < 1.29 is 4.74 Å². The van der Waals surface area contributed by atoms with Gasteiger partial charge in [-0.05, 0) is 25.7 Å². The molecule has 18 heavy (non-hydrogen) atoms. The minimum atomic E-state index is 0.608. The van der Waals surface area contributed by atoms with Crippen LogP contribution >= 0.6 is 0 Å². The van der Waals surface area contributed by atoms with E-state index in [4.69, 9.17) is 4.74 Å². The van der Waals surface area contributed by atoms with E-state index >= 15 is 0 Å². The van der Waals surface area contributed by atoms with E-state index in [1.165, 1.54) is 12.8 Å². The zero-order valence-corrected chi connectivity index (χ0v) is 11.4. The Morgan fingerprint density at radius 3 is 3.11 bits per heavy atom. The quantitative estimate of drug-likeness (QED) is 0.881. The third-order valence-corrected chi connectivity index (χ3v) is 3.39. The number of nitrogens with zero attached hydrogens (tertiary/aromatic N) is 3. The molecule has 1 saturated heterocycles. The van der Waals surface area contributed by atoms with Crippen LogP contribution in [0.25, 0.3) is 0 Å². The monoisotopic (exact) mass is 250 g/mol. The first kappa shape index (κ1) is 13.1. The van der Waals surface area contributed by atoms with E-state index in [-0.39, 0.29) is 0 Å². The maximum atomic E-state index is 5.27. The van der Waals surface area contributed by atoms with Gasteiger partial charge in [0.25, 0.3) is 0 Å². The third kappa shape index (κ3) is 2.90. The Morgan fingerprint density at radius 1 is 1.56 bits per heavy atom. The number of hydrogen-bond donors (Lipinski definition) is 1. The van der Waals surface area contributed by atoms with Crippen molar-refractivity contribution in [2.24, 2.45) is 5.92 Å². The van der Waals surface area contributed by atoms with Gasteiger partial charge in [-0.1, -0.05) is 0 Å². The second-order valence-electron chi connectivity index (χ2n) is 4.86. The van der Waals surface area contributed by atoms with Crippen molar-refractivity contribution in [2.45, 2.75) is 19.8 Å². The molecule has 1 N–H and O–H groups in total. The second-order valence-corrected chi connectivity index (χ2v) is 4.86. The van der Waals surface area contributed by atoms with E-state index in [2.05, 4.69) is 27.1 Å². The van der Waals surface area contributed by atoms with Crippen LogP contribution in [-0.4, -0.2) is 43.8 Å². The predicted octanol–water partition coefficient (Wildman–Crippen LogP) is 1.69. The van der Waals surface area contributed by atoms with Crippen molar-refractivity contribution in [3.63, 3.8) is 0 Å². The highest BCUT2D eigenvalue weighted by molar-refractivity contribution is 5.49. The molecule has 0 radical (unpaired) electrons. The fraction of sp³-hybridized carbons (Fsp3) is 0.692. The van der Waals surface area contributed by atoms with Gasteiger partial charge in [-0.25, -0.2) is 4.98 Å². The molecule has 1 atom stereocenters. The minimum Gasteiger partial charge on any atom is -0.384 e. The lowest BCUT2D eigenvalue weighted by atomic mass is 9.99. The molecule has 0 saturated carbocycles. The summed E-state index contributed by atoms with van der Waals surface area (Å²) in [7, 11) is 3.62. The maximum absolute atomic E-state index is 5.27. The van der Waals surface area contributed by atoms with Crippen LogP contribution in [0.1, 0.15) is 18.4 Å². The molecule has 0 aromatic carbocycles. The van der Waals surface area contributed by atoms with Crippen LogP contribution < -0.4 is 10.2 Å². The SMILES string of the molecule is CNc1ncc(C)c(N2CCCC(COC)C2)n1. The standard InChI is InChI=1S/C13H22N4O/c1-10-7-15-13(14-2)16-12(10)17-6-4-5-11(8-17)9-18-3/h7,11H,4-6,8-9H2,1-3H3,(H,14,15,16). The largest absolute Gasteiger partial charge is 0.384 e. The van der Waals surface area contributed by atoms with E-state index in [1.807, 2.05) is 13.2 Å². The molecular formula is C13H22N4O. The van der Waals surface area contributed by atoms with Crippen LogP contribution in [-0.2, 0) is 4.74 Å². The van der Waals surface area contributed by atoms with Crippen molar-refractivity contribution in [3.05, 3.63) is 11.8 Å². The van der Waals surface area contributed by atoms with Crippen LogP contribution in [0.5, 0.6) is 0 Å². The average molecular weight is 250 g/mol. The fourth-order valence-corrected chi connectivity index (χ4v) is 2.50. The Kier molecular flexibility index (Phi) is 4.36. The topological polar surface area (TPSA) is 50.3 Å². The summed E-state index contributed by atoms with van der Waals surface area (Å²) in [4.78, 5) is 11.2. The number of anilines is 2. The second kappa shape index (κ2) is 6.00. The van der Waals surface area contributed by atoms with Gasteiger partial charge in [-0.15, -0.1) is 0 Å². The summed E-state index contributed by atoms with van der Waals surface area (Å²) in [6.07, 6.45) is 4.33. The summed E-state index contributed by atoms with van der Waals surface area (Å²) in [5, 5.41) is 3.00. The van der Waals surface area contributed by atoms with Gasteiger partial charge in [-0.3, -0.25) is 0 Å². The highest BCUT2D eigenvalue weighted by atomic mass is 16.5. The van der Waals surface area contributed by atoms with Gasteiger partial charge < -0.3 is 15.0 Å². The van der Waals surface area contributed by atoms with Gasteiger partial charge in [0.2, 0.25) is 5.95 Å². The molecule has 1 fully saturated rings. The Balaban J connectivity index is 2.14. The van der Waals surface area contributed by atoms with Crippen molar-refractivity contribution in [1.29, 1.82) is 0 Å². The first-order valence-electron chi connectivity index (χ1n) is 6.50. The van der Waals surface area contributed by atoms with Crippen LogP contribution in [0, 0.1) is 12.8 Å². The molecule has 0 spiro atoms. The van der Waals surface area contributed by atoms with Crippen LogP contribution in [0.15, 0.2) is 6.20 Å². The molecule has 1 unspecified atom stereocenters. The van der Waals surface area contributed by atoms with Gasteiger partial charge in [0.05, 0.1) is 6.61 Å². The molecule has 1 aliphatic heterocycles. The van der Waals surface area contributed by atoms with E-state index in [0.29, 0.717) is 11.9 Å². The molecule has 1 aromatic rings. The number of hydrogen-bond acceptors (Lipinski definition) is 5. The fourth-order valence-electron chi connectivity index (χ4n) is 2.50. The molecular weight excluding hydrogens is 228 g/mol. The molecule has 2 rings (SSSR count). The lowest BCUT2D eigenvalue weighted by molar-refractivity contribution is 0.143. The average Bonchev–Trinajstić information content (AvgIpc) is 2.40. The summed E-state index contributed by atoms with van der Waals surface area (Å²) in [5.41, 5.74) is 1.13. The summed E-state index contributed by atoms with van der Waals surface area (Å²) in [5.74, 6) is 2.34. The van der Waals surface area contributed by atoms with Crippen molar-refractivity contribution in [1.82, 2.24) is 9.97 Å². The van der Waals surface area contributed by atoms with Gasteiger partial charge in [0.15, 0.2) is 0 Å². The van der Waals surface area contributed by atoms with Crippen LogP contribution in [0.2, 0.25) is 0 Å². The van der Waals surface area contributed by atoms with Crippen molar-refractivity contribution in [2.75, 3.05) is 44.1 Å². The first-order valence-corrected chi connectivity index (χ1v) is 6.50. The number of aryl methyl sites for hydroxylation is 1. The molecule has 5 nitrogen and oxygen atoms in total. The van der Waals surface area contributed by atoms with Gasteiger partial charge in [0.1, 0.15) is 5.82 Å². The first-order chi connectivity index (χ1) is 8.74. The smallest absolute Gasteiger partial charge is 0.224 e. The van der Waals surface area contributed by atoms with E-state index in [1.54, 1.807) is 7.11 Å². The highest BCUT2D eigenvalue weighted by Gasteiger charge is 2.22. The molecule has 100 valence electrons. The highest BCUT2D eigenvalue weighted by Crippen LogP contribution is 2.24. The lowest BCUT2D eigenvalue weighted by Gasteiger charge is -2.34. The third-order valence-electron chi connectivity index (χ3n) is 3.39. The predicted molar refractivity (Wildman–Crippen MR) is 73.1 cm³/mol. The molecule has 1 aromatic heterocycles. The zero-order chi connectivity index (χ0) is 13.0. The zero-order valence-electron chi connectivity index (χ0n) is 11.4. The number of nitrogens with one attached hydrogen (secondary N) is 1. The lowest BCUT2D eigenvalue weighted by Crippen LogP contribution is -2.38. The maximum Gasteiger partial charge on any atom is 0.224 e. The molecule has 0 amide bonds.